The number of alkyl halides is 1. The average molecular weight is 713 g/mol. The molecule has 0 aliphatic carbocycles. The van der Waals surface area contributed by atoms with Gasteiger partial charge in [0.2, 0.25) is 11.5 Å². The average Bonchev–Trinajstić information content (AvgIpc) is 3.43. The number of nitrogens with zero attached hydrogens (tertiary/aromatic N) is 4. The zero-order valence-corrected chi connectivity index (χ0v) is 28.6. The second kappa shape index (κ2) is 15.7. The third kappa shape index (κ3) is 9.18. The van der Waals surface area contributed by atoms with Crippen molar-refractivity contribution < 1.29 is 85.7 Å². The Morgan fingerprint density at radius 1 is 1.22 bits per heavy atom. The van der Waals surface area contributed by atoms with E-state index >= 15 is 0 Å². The van der Waals surface area contributed by atoms with E-state index in [1.54, 1.807) is 0 Å². The number of aromatic nitrogens is 1. The van der Waals surface area contributed by atoms with Crippen LogP contribution in [0.2, 0.25) is 0 Å². The summed E-state index contributed by atoms with van der Waals surface area (Å²) in [6, 6.07) is 1.24. The molecule has 2 N–H and O–H groups in total. The second-order valence-electron chi connectivity index (χ2n) is 9.27. The van der Waals surface area contributed by atoms with Crippen LogP contribution in [0.5, 0.6) is 0 Å². The number of non-ortho nitro benzene ring substituents is 1. The van der Waals surface area contributed by atoms with Gasteiger partial charge in [-0.25, -0.2) is 27.3 Å². The first-order chi connectivity index (χ1) is 21.0. The zero-order valence-electron chi connectivity index (χ0n) is 24.2. The topological polar surface area (TPSA) is 266 Å². The molecule has 1 aliphatic rings. The predicted molar refractivity (Wildman–Crippen MR) is 150 cm³/mol. The molecule has 0 radical (unpaired) electrons. The number of methoxy groups -OCH3 is 1. The van der Waals surface area contributed by atoms with E-state index in [2.05, 4.69) is 25.5 Å². The number of nitro benzene ring substituents is 1. The monoisotopic (exact) mass is 712 g/mol. The molecule has 1 aromatic heterocycles. The van der Waals surface area contributed by atoms with Gasteiger partial charge in [0.05, 0.1) is 12.0 Å². The largest absolute Gasteiger partial charge is 1.00 e. The molecule has 242 valence electrons. The fourth-order valence-corrected chi connectivity index (χ4v) is 5.04. The molecule has 23 heteroatoms. The van der Waals surface area contributed by atoms with Crippen LogP contribution in [0.15, 0.2) is 34.8 Å². The Hall–Kier alpha value is -3.73. The molecular formula is C23H22ClN6NaO13S2. The van der Waals surface area contributed by atoms with E-state index < -0.39 is 74.2 Å². The van der Waals surface area contributed by atoms with Crippen molar-refractivity contribution in [1.82, 2.24) is 14.6 Å². The van der Waals surface area contributed by atoms with Crippen LogP contribution in [0.25, 0.3) is 0 Å². The maximum atomic E-state index is 13.3. The van der Waals surface area contributed by atoms with E-state index in [4.69, 9.17) is 21.2 Å². The van der Waals surface area contributed by atoms with E-state index in [1.165, 1.54) is 43.5 Å². The third-order valence-electron chi connectivity index (χ3n) is 5.73. The molecule has 0 bridgehead atoms. The molecule has 2 heterocycles. The van der Waals surface area contributed by atoms with Crippen molar-refractivity contribution in [2.75, 3.05) is 18.3 Å². The van der Waals surface area contributed by atoms with Crippen LogP contribution in [0.1, 0.15) is 25.1 Å². The summed E-state index contributed by atoms with van der Waals surface area (Å²) < 4.78 is 43.8. The summed E-state index contributed by atoms with van der Waals surface area (Å²) in [4.78, 5) is 81.8. The molecule has 0 spiro atoms. The number of amides is 3. The number of rotatable bonds is 13. The maximum absolute atomic E-state index is 13.3. The van der Waals surface area contributed by atoms with Gasteiger partial charge in [-0.1, -0.05) is 5.16 Å². The standard InChI is InChI=1S/C23H23ClN6O13S2.Na/c1-23(2,21(35)42-9-11-4-6-12(7-5-11)30(36)37)43-28-15(13-10-44-22(25-13)26-14(31)8-24)18(32)27-16-17(20(34)41-3)29(19(16)33)45(38,39)40;/h4-7,10,16-17H,8-9H2,1-3H3,(H,27,32)(H,25,26,31)(H,38,39,40);/q;+1/p-1/b28-15-;/t16-,17-;/m1./s1. The van der Waals surface area contributed by atoms with E-state index in [9.17, 15) is 47.1 Å². The van der Waals surface area contributed by atoms with Crippen molar-refractivity contribution >= 4 is 79.4 Å². The van der Waals surface area contributed by atoms with Crippen molar-refractivity contribution in [3.05, 3.63) is 51.0 Å². The Kier molecular flexibility index (Phi) is 13.1. The maximum Gasteiger partial charge on any atom is 1.00 e. The summed E-state index contributed by atoms with van der Waals surface area (Å²) in [7, 11) is -4.60. The number of nitro groups is 1. The molecule has 19 nitrogen and oxygen atoms in total. The first-order valence-electron chi connectivity index (χ1n) is 12.2. The number of hydrogen-bond donors (Lipinski definition) is 2. The molecule has 0 unspecified atom stereocenters. The van der Waals surface area contributed by atoms with Crippen molar-refractivity contribution in [3.63, 3.8) is 0 Å². The number of thiazole rings is 1. The van der Waals surface area contributed by atoms with Gasteiger partial charge in [0.15, 0.2) is 27.2 Å². The predicted octanol–water partition coefficient (Wildman–Crippen LogP) is -3.20. The summed E-state index contributed by atoms with van der Waals surface area (Å²) in [6.45, 7) is 2.13. The molecule has 1 saturated heterocycles. The minimum absolute atomic E-state index is 0. The van der Waals surface area contributed by atoms with Gasteiger partial charge in [-0.3, -0.25) is 24.5 Å². The van der Waals surface area contributed by atoms with Crippen molar-refractivity contribution in [3.8, 4) is 0 Å². The molecule has 2 atom stereocenters. The molecule has 1 fully saturated rings. The molecule has 1 aliphatic heterocycles. The normalized spacial score (nSPS) is 16.3. The van der Waals surface area contributed by atoms with E-state index in [1.807, 2.05) is 0 Å². The minimum atomic E-state index is -5.46. The summed E-state index contributed by atoms with van der Waals surface area (Å²) in [5.41, 5.74) is -2.64. The number of β-lactam (4-membered cyclic amide) rings is 1. The minimum Gasteiger partial charge on any atom is -0.731 e. The van der Waals surface area contributed by atoms with Gasteiger partial charge in [0.1, 0.15) is 24.2 Å². The summed E-state index contributed by atoms with van der Waals surface area (Å²) in [6.07, 6.45) is 0. The van der Waals surface area contributed by atoms with E-state index in [0.29, 0.717) is 5.56 Å². The van der Waals surface area contributed by atoms with Crippen molar-refractivity contribution in [1.29, 1.82) is 0 Å². The molecule has 0 saturated carbocycles. The summed E-state index contributed by atoms with van der Waals surface area (Å²) >= 11 is 6.29. The molecule has 3 rings (SSSR count). The third-order valence-corrected chi connectivity index (χ3v) is 7.61. The Morgan fingerprint density at radius 2 is 1.85 bits per heavy atom. The van der Waals surface area contributed by atoms with E-state index in [-0.39, 0.29) is 57.0 Å². The van der Waals surface area contributed by atoms with Gasteiger partial charge in [0.25, 0.3) is 17.5 Å². The van der Waals surface area contributed by atoms with Crippen molar-refractivity contribution in [2.45, 2.75) is 38.1 Å². The molecule has 46 heavy (non-hydrogen) atoms. The second-order valence-corrected chi connectivity index (χ2v) is 11.6. The van der Waals surface area contributed by atoms with Gasteiger partial charge in [0, 0.05) is 17.5 Å². The fraction of sp³-hybridized carbons (Fsp3) is 0.348. The quantitative estimate of drug-likeness (QED) is 0.0303. The number of carbonyl (C=O) groups is 5. The first kappa shape index (κ1) is 38.5. The fourth-order valence-electron chi connectivity index (χ4n) is 3.45. The van der Waals surface area contributed by atoms with Gasteiger partial charge in [-0.2, -0.15) is 0 Å². The van der Waals surface area contributed by atoms with Crippen molar-refractivity contribution in [2.24, 2.45) is 5.16 Å². The Bertz CT molecular complexity index is 1670. The van der Waals surface area contributed by atoms with Crippen LogP contribution < -0.4 is 40.2 Å². The van der Waals surface area contributed by atoms with Gasteiger partial charge < -0.3 is 29.5 Å². The van der Waals surface area contributed by atoms with Crippen LogP contribution in [0.4, 0.5) is 10.8 Å². The number of oxime groups is 1. The Labute approximate surface area is 290 Å². The molecule has 3 amide bonds. The number of halogens is 1. The Balaban J connectivity index is 0.00000736. The summed E-state index contributed by atoms with van der Waals surface area (Å²) in [5, 5.41) is 20.1. The molecule has 2 aromatic rings. The van der Waals surface area contributed by atoms with E-state index in [0.717, 1.165) is 18.4 Å². The molecular weight excluding hydrogens is 691 g/mol. The number of ether oxygens (including phenoxy) is 2. The van der Waals surface area contributed by atoms with Crippen LogP contribution in [0.3, 0.4) is 0 Å². The number of nitrogens with one attached hydrogen (secondary N) is 2. The van der Waals surface area contributed by atoms with Crippen LogP contribution in [-0.2, 0) is 55.2 Å². The van der Waals surface area contributed by atoms with Gasteiger partial charge in [-0.15, -0.1) is 22.9 Å². The summed E-state index contributed by atoms with van der Waals surface area (Å²) in [5.74, 6) is -6.11. The molecule has 1 aromatic carbocycles. The van der Waals surface area contributed by atoms with Gasteiger partial charge in [-0.05, 0) is 31.5 Å². The van der Waals surface area contributed by atoms with Crippen LogP contribution in [0, 0.1) is 10.1 Å². The SMILES string of the molecule is COC(=O)[C@H]1[C@@H](NC(=O)/C(=N\OC(C)(C)C(=O)OCc2ccc([N+](=O)[O-])cc2)c2csc(NC(=O)CCl)n2)C(=O)N1S(=O)(=O)[O-].[Na+]. The number of anilines is 1. The Morgan fingerprint density at radius 3 is 2.39 bits per heavy atom. The zero-order chi connectivity index (χ0) is 33.7. The number of esters is 2. The number of carbonyl (C=O) groups excluding carboxylic acids is 5. The van der Waals surface area contributed by atoms with Crippen LogP contribution >= 0.6 is 22.9 Å². The van der Waals surface area contributed by atoms with Gasteiger partial charge >= 0.3 is 41.5 Å². The van der Waals surface area contributed by atoms with Crippen LogP contribution in [-0.4, -0.2) is 93.2 Å². The first-order valence-corrected chi connectivity index (χ1v) is 14.9. The smallest absolute Gasteiger partial charge is 0.731 e. The number of benzene rings is 1. The number of hydrogen-bond acceptors (Lipinski definition) is 16.